The third-order valence-electron chi connectivity index (χ3n) is 5.29. The molecule has 0 aliphatic carbocycles. The van der Waals surface area contributed by atoms with Crippen molar-refractivity contribution in [3.05, 3.63) is 70.9 Å². The number of fused-ring (bicyclic) bond motifs is 1. The number of carbonyl (C=O) groups is 1. The number of ether oxygens (including phenoxy) is 2. The van der Waals surface area contributed by atoms with E-state index in [-0.39, 0.29) is 5.91 Å². The highest BCUT2D eigenvalue weighted by molar-refractivity contribution is 7.21. The lowest BCUT2D eigenvalue weighted by Crippen LogP contribution is -2.11. The molecule has 0 saturated heterocycles. The maximum absolute atomic E-state index is 13.0. The van der Waals surface area contributed by atoms with Crippen molar-refractivity contribution in [1.29, 1.82) is 0 Å². The van der Waals surface area contributed by atoms with Gasteiger partial charge in [0.25, 0.3) is 5.91 Å². The van der Waals surface area contributed by atoms with Gasteiger partial charge >= 0.3 is 0 Å². The van der Waals surface area contributed by atoms with Gasteiger partial charge in [0.15, 0.2) is 5.13 Å². The summed E-state index contributed by atoms with van der Waals surface area (Å²) in [6.07, 6.45) is 0. The molecule has 5 aromatic rings. The van der Waals surface area contributed by atoms with E-state index in [1.54, 1.807) is 14.2 Å². The number of thiophene rings is 1. The maximum atomic E-state index is 13.0. The van der Waals surface area contributed by atoms with Crippen LogP contribution in [0.2, 0.25) is 0 Å². The van der Waals surface area contributed by atoms with Gasteiger partial charge in [-0.1, -0.05) is 12.1 Å². The smallest absolute Gasteiger partial charge is 0.269 e. The first kappa shape index (κ1) is 21.9. The number of para-hydroxylation sites is 1. The first-order chi connectivity index (χ1) is 16.6. The van der Waals surface area contributed by atoms with Gasteiger partial charge in [0.05, 0.1) is 31.3 Å². The van der Waals surface area contributed by atoms with Gasteiger partial charge in [-0.2, -0.15) is 0 Å². The highest BCUT2D eigenvalue weighted by Gasteiger charge is 2.19. The number of rotatable bonds is 6. The summed E-state index contributed by atoms with van der Waals surface area (Å²) in [7, 11) is 3.25. The summed E-state index contributed by atoms with van der Waals surface area (Å²) in [6, 6.07) is 19.1. The van der Waals surface area contributed by atoms with Gasteiger partial charge in [0, 0.05) is 21.9 Å². The maximum Gasteiger partial charge on any atom is 0.269 e. The van der Waals surface area contributed by atoms with Crippen LogP contribution in [0.5, 0.6) is 11.5 Å². The van der Waals surface area contributed by atoms with Crippen molar-refractivity contribution in [2.75, 3.05) is 25.3 Å². The first-order valence-corrected chi connectivity index (χ1v) is 12.0. The molecule has 0 bridgehead atoms. The van der Waals surface area contributed by atoms with Crippen LogP contribution in [-0.2, 0) is 0 Å². The molecule has 0 saturated carbocycles. The second-order valence-electron chi connectivity index (χ2n) is 7.31. The molecule has 2 aromatic carbocycles. The SMILES string of the molecule is COc1ccc(-c2ccc3c(N)c(C(=O)Nc4nc(-c5ccccc5OC)cs4)sc3n2)cc1. The average molecular weight is 489 g/mol. The molecular weight excluding hydrogens is 468 g/mol. The van der Waals surface area contributed by atoms with E-state index in [1.165, 1.54) is 22.7 Å². The van der Waals surface area contributed by atoms with Crippen LogP contribution in [0.3, 0.4) is 0 Å². The van der Waals surface area contributed by atoms with Crippen LogP contribution in [0.15, 0.2) is 66.0 Å². The quantitative estimate of drug-likeness (QED) is 0.307. The number of pyridine rings is 1. The van der Waals surface area contributed by atoms with Crippen molar-refractivity contribution in [3.63, 3.8) is 0 Å². The highest BCUT2D eigenvalue weighted by Crippen LogP contribution is 2.36. The number of nitrogens with one attached hydrogen (secondary N) is 1. The van der Waals surface area contributed by atoms with Crippen LogP contribution >= 0.6 is 22.7 Å². The Bertz CT molecular complexity index is 1490. The molecule has 0 unspecified atom stereocenters. The second kappa shape index (κ2) is 9.12. The summed E-state index contributed by atoms with van der Waals surface area (Å²) in [6.45, 7) is 0. The van der Waals surface area contributed by atoms with Crippen LogP contribution in [0.25, 0.3) is 32.7 Å². The van der Waals surface area contributed by atoms with E-state index in [0.29, 0.717) is 20.5 Å². The number of nitrogens with zero attached hydrogens (tertiary/aromatic N) is 2. The molecule has 0 fully saturated rings. The molecule has 0 radical (unpaired) electrons. The minimum atomic E-state index is -0.313. The van der Waals surface area contributed by atoms with E-state index in [9.17, 15) is 4.79 Å². The number of carbonyl (C=O) groups excluding carboxylic acids is 1. The molecule has 3 aromatic heterocycles. The van der Waals surface area contributed by atoms with Crippen LogP contribution in [0.1, 0.15) is 9.67 Å². The van der Waals surface area contributed by atoms with E-state index >= 15 is 0 Å². The highest BCUT2D eigenvalue weighted by atomic mass is 32.1. The van der Waals surface area contributed by atoms with Crippen molar-refractivity contribution < 1.29 is 14.3 Å². The van der Waals surface area contributed by atoms with Crippen molar-refractivity contribution in [2.45, 2.75) is 0 Å². The van der Waals surface area contributed by atoms with Gasteiger partial charge < -0.3 is 15.2 Å². The van der Waals surface area contributed by atoms with E-state index in [2.05, 4.69) is 10.3 Å². The third kappa shape index (κ3) is 4.07. The molecule has 0 aliphatic heterocycles. The Morgan fingerprint density at radius 2 is 1.74 bits per heavy atom. The summed E-state index contributed by atoms with van der Waals surface area (Å²) in [5, 5.41) is 5.97. The van der Waals surface area contributed by atoms with Crippen molar-refractivity contribution in [1.82, 2.24) is 9.97 Å². The van der Waals surface area contributed by atoms with Crippen molar-refractivity contribution >= 4 is 49.6 Å². The number of nitrogens with two attached hydrogens (primary N) is 1. The molecule has 0 atom stereocenters. The minimum absolute atomic E-state index is 0.313. The second-order valence-corrected chi connectivity index (χ2v) is 9.17. The first-order valence-electron chi connectivity index (χ1n) is 10.3. The number of benzene rings is 2. The van der Waals surface area contributed by atoms with E-state index in [1.807, 2.05) is 66.0 Å². The third-order valence-corrected chi connectivity index (χ3v) is 7.17. The summed E-state index contributed by atoms with van der Waals surface area (Å²) in [5.74, 6) is 1.19. The molecule has 34 heavy (non-hydrogen) atoms. The predicted molar refractivity (Wildman–Crippen MR) is 138 cm³/mol. The summed E-state index contributed by atoms with van der Waals surface area (Å²) in [5.41, 5.74) is 10.1. The zero-order chi connectivity index (χ0) is 23.7. The summed E-state index contributed by atoms with van der Waals surface area (Å²) in [4.78, 5) is 23.4. The number of thiazole rings is 1. The van der Waals surface area contributed by atoms with Crippen LogP contribution in [0, 0.1) is 0 Å². The lowest BCUT2D eigenvalue weighted by atomic mass is 10.1. The predicted octanol–water partition coefficient (Wildman–Crippen LogP) is 5.94. The Morgan fingerprint density at radius 1 is 0.941 bits per heavy atom. The number of amides is 1. The van der Waals surface area contributed by atoms with Crippen LogP contribution < -0.4 is 20.5 Å². The Hall–Kier alpha value is -3.95. The fourth-order valence-corrected chi connectivity index (χ4v) is 5.25. The zero-order valence-corrected chi connectivity index (χ0v) is 20.0. The Balaban J connectivity index is 1.40. The number of hydrogen-bond acceptors (Lipinski definition) is 8. The molecule has 5 rings (SSSR count). The summed E-state index contributed by atoms with van der Waals surface area (Å²) >= 11 is 2.60. The average Bonchev–Trinajstić information content (AvgIpc) is 3.48. The van der Waals surface area contributed by atoms with Gasteiger partial charge in [-0.05, 0) is 48.5 Å². The Labute approximate surface area is 203 Å². The van der Waals surface area contributed by atoms with Gasteiger partial charge in [0.2, 0.25) is 0 Å². The van der Waals surface area contributed by atoms with Crippen molar-refractivity contribution in [3.8, 4) is 34.0 Å². The van der Waals surface area contributed by atoms with Gasteiger partial charge in [-0.25, -0.2) is 9.97 Å². The monoisotopic (exact) mass is 488 g/mol. The fourth-order valence-electron chi connectivity index (χ4n) is 3.55. The number of anilines is 2. The van der Waals surface area contributed by atoms with Gasteiger partial charge in [0.1, 0.15) is 21.2 Å². The number of aromatic nitrogens is 2. The molecule has 3 heterocycles. The summed E-state index contributed by atoms with van der Waals surface area (Å²) < 4.78 is 10.6. The largest absolute Gasteiger partial charge is 0.497 e. The van der Waals surface area contributed by atoms with Crippen LogP contribution in [-0.4, -0.2) is 30.1 Å². The molecular formula is C25H20N4O3S2. The molecule has 9 heteroatoms. The van der Waals surface area contributed by atoms with Gasteiger partial charge in [-0.3, -0.25) is 10.1 Å². The number of hydrogen-bond donors (Lipinski definition) is 2. The lowest BCUT2D eigenvalue weighted by Gasteiger charge is -2.05. The van der Waals surface area contributed by atoms with E-state index in [4.69, 9.17) is 20.2 Å². The minimum Gasteiger partial charge on any atom is -0.497 e. The lowest BCUT2D eigenvalue weighted by molar-refractivity contribution is 0.103. The molecule has 1 amide bonds. The fraction of sp³-hybridized carbons (Fsp3) is 0.0800. The topological polar surface area (TPSA) is 99.4 Å². The van der Waals surface area contributed by atoms with E-state index < -0.39 is 0 Å². The molecule has 0 aliphatic rings. The molecule has 170 valence electrons. The normalized spacial score (nSPS) is 10.9. The Kier molecular flexibility index (Phi) is 5.87. The molecule has 7 nitrogen and oxygen atoms in total. The van der Waals surface area contributed by atoms with Gasteiger partial charge in [-0.15, -0.1) is 22.7 Å². The standard InChI is InChI=1S/C25H20N4O3S2/c1-31-15-9-7-14(8-10-15)18-12-11-17-21(26)22(34-24(17)27-18)23(30)29-25-28-19(13-33-25)16-5-3-4-6-20(16)32-2/h3-13H,26H2,1-2H3,(H,28,29,30). The molecule has 0 spiro atoms. The van der Waals surface area contributed by atoms with Crippen molar-refractivity contribution in [2.24, 2.45) is 0 Å². The zero-order valence-electron chi connectivity index (χ0n) is 18.4. The molecule has 3 N–H and O–H groups in total. The van der Waals surface area contributed by atoms with E-state index in [0.717, 1.165) is 39.4 Å². The number of nitrogen functional groups attached to an aromatic ring is 1. The Morgan fingerprint density at radius 3 is 2.50 bits per heavy atom. The number of methoxy groups -OCH3 is 2. The van der Waals surface area contributed by atoms with Crippen LogP contribution in [0.4, 0.5) is 10.8 Å².